The molecule has 0 radical (unpaired) electrons. The largest absolute Gasteiger partial charge is 0.366 e. The minimum absolute atomic E-state index is 0.183. The highest BCUT2D eigenvalue weighted by atomic mass is 79.9. The smallest absolute Gasteiger partial charge is 0.319 e. The monoisotopic (exact) mass is 444 g/mol. The second kappa shape index (κ2) is 8.22. The van der Waals surface area contributed by atoms with Gasteiger partial charge in [0, 0.05) is 17.6 Å². The Labute approximate surface area is 169 Å². The summed E-state index contributed by atoms with van der Waals surface area (Å²) in [5.41, 5.74) is 6.52. The number of hydrogen-bond donors (Lipinski definition) is 3. The zero-order chi connectivity index (χ0) is 20.3. The van der Waals surface area contributed by atoms with Crippen LogP contribution in [0.2, 0.25) is 0 Å². The van der Waals surface area contributed by atoms with E-state index in [4.69, 9.17) is 5.73 Å². The van der Waals surface area contributed by atoms with Gasteiger partial charge < -0.3 is 16.4 Å². The molecule has 0 atom stereocenters. The predicted octanol–water partition coefficient (Wildman–Crippen LogP) is 2.36. The lowest BCUT2D eigenvalue weighted by molar-refractivity contribution is 0.0653. The molecule has 3 rings (SSSR count). The summed E-state index contributed by atoms with van der Waals surface area (Å²) in [4.78, 5) is 49.2. The van der Waals surface area contributed by atoms with E-state index in [1.54, 1.807) is 36.4 Å². The van der Waals surface area contributed by atoms with Crippen molar-refractivity contribution in [2.45, 2.75) is 6.42 Å². The van der Waals surface area contributed by atoms with Crippen molar-refractivity contribution in [3.63, 3.8) is 0 Å². The summed E-state index contributed by atoms with van der Waals surface area (Å²) < 4.78 is 0.726. The van der Waals surface area contributed by atoms with Crippen LogP contribution in [0.25, 0.3) is 0 Å². The predicted molar refractivity (Wildman–Crippen MR) is 106 cm³/mol. The number of para-hydroxylation sites is 1. The number of hydrogen-bond acceptors (Lipinski definition) is 4. The van der Waals surface area contributed by atoms with Crippen LogP contribution in [0.3, 0.4) is 0 Å². The Kier molecular flexibility index (Phi) is 5.74. The highest BCUT2D eigenvalue weighted by molar-refractivity contribution is 9.10. The SMILES string of the molecule is NC(=O)c1ccccc1NC(=O)NCCCN1C(=O)c2ccc(Br)cc2C1=O. The third-order valence-corrected chi connectivity index (χ3v) is 4.71. The first-order chi connectivity index (χ1) is 13.4. The van der Waals surface area contributed by atoms with Gasteiger partial charge in [-0.1, -0.05) is 28.1 Å². The van der Waals surface area contributed by atoms with Crippen molar-refractivity contribution < 1.29 is 19.2 Å². The molecule has 9 heteroatoms. The van der Waals surface area contributed by atoms with Gasteiger partial charge in [0.15, 0.2) is 0 Å². The second-order valence-corrected chi connectivity index (χ2v) is 7.01. The van der Waals surface area contributed by atoms with Crippen LogP contribution in [0.4, 0.5) is 10.5 Å². The van der Waals surface area contributed by atoms with Crippen LogP contribution in [-0.4, -0.2) is 41.7 Å². The second-order valence-electron chi connectivity index (χ2n) is 6.10. The number of nitrogens with one attached hydrogen (secondary N) is 2. The lowest BCUT2D eigenvalue weighted by atomic mass is 10.1. The third kappa shape index (κ3) is 4.04. The van der Waals surface area contributed by atoms with Gasteiger partial charge in [0.2, 0.25) is 0 Å². The zero-order valence-electron chi connectivity index (χ0n) is 14.7. The first-order valence-electron chi connectivity index (χ1n) is 8.48. The van der Waals surface area contributed by atoms with Crippen LogP contribution in [0.1, 0.15) is 37.5 Å². The van der Waals surface area contributed by atoms with Crippen molar-refractivity contribution >= 4 is 45.4 Å². The molecule has 0 unspecified atom stereocenters. The van der Waals surface area contributed by atoms with E-state index in [1.807, 2.05) is 0 Å². The molecule has 0 aliphatic carbocycles. The summed E-state index contributed by atoms with van der Waals surface area (Å²) in [5, 5.41) is 5.18. The molecular weight excluding hydrogens is 428 g/mol. The molecule has 144 valence electrons. The van der Waals surface area contributed by atoms with E-state index in [0.717, 1.165) is 4.47 Å². The summed E-state index contributed by atoms with van der Waals surface area (Å²) in [7, 11) is 0. The number of carbonyl (C=O) groups is 4. The minimum Gasteiger partial charge on any atom is -0.366 e. The molecule has 1 aliphatic heterocycles. The fourth-order valence-electron chi connectivity index (χ4n) is 2.88. The molecule has 0 saturated heterocycles. The first-order valence-corrected chi connectivity index (χ1v) is 9.27. The lowest BCUT2D eigenvalue weighted by Gasteiger charge is -2.14. The van der Waals surface area contributed by atoms with E-state index >= 15 is 0 Å². The maximum absolute atomic E-state index is 12.4. The van der Waals surface area contributed by atoms with E-state index in [9.17, 15) is 19.2 Å². The molecule has 5 amide bonds. The number of amides is 5. The first kappa shape index (κ1) is 19.6. The van der Waals surface area contributed by atoms with Crippen LogP contribution in [-0.2, 0) is 0 Å². The molecule has 0 aromatic heterocycles. The van der Waals surface area contributed by atoms with Crippen molar-refractivity contribution in [3.05, 3.63) is 63.6 Å². The average molecular weight is 445 g/mol. The number of urea groups is 1. The highest BCUT2D eigenvalue weighted by Gasteiger charge is 2.34. The van der Waals surface area contributed by atoms with E-state index in [-0.39, 0.29) is 30.5 Å². The van der Waals surface area contributed by atoms with E-state index < -0.39 is 11.9 Å². The van der Waals surface area contributed by atoms with Gasteiger partial charge in [0.25, 0.3) is 17.7 Å². The number of carbonyl (C=O) groups excluding carboxylic acids is 4. The molecule has 0 bridgehead atoms. The fraction of sp³-hybridized carbons (Fsp3) is 0.158. The third-order valence-electron chi connectivity index (χ3n) is 4.22. The molecule has 2 aromatic rings. The number of fused-ring (bicyclic) bond motifs is 1. The Balaban J connectivity index is 1.50. The van der Waals surface area contributed by atoms with Crippen molar-refractivity contribution in [2.24, 2.45) is 5.73 Å². The molecule has 1 heterocycles. The summed E-state index contributed by atoms with van der Waals surface area (Å²) in [5.74, 6) is -1.33. The number of benzene rings is 2. The number of rotatable bonds is 6. The lowest BCUT2D eigenvalue weighted by Crippen LogP contribution is -2.35. The molecule has 4 N–H and O–H groups in total. The summed E-state index contributed by atoms with van der Waals surface area (Å²) in [6.07, 6.45) is 0.386. The standard InChI is InChI=1S/C19H17BrN4O4/c20-11-6-7-12-14(10-11)18(27)24(17(12)26)9-3-8-22-19(28)23-15-5-2-1-4-13(15)16(21)25/h1-2,4-7,10H,3,8-9H2,(H2,21,25)(H2,22,23,28). The summed E-state index contributed by atoms with van der Waals surface area (Å²) >= 11 is 3.29. The average Bonchev–Trinajstić information content (AvgIpc) is 2.89. The van der Waals surface area contributed by atoms with E-state index in [1.165, 1.54) is 11.0 Å². The maximum atomic E-state index is 12.4. The Hall–Kier alpha value is -3.20. The van der Waals surface area contributed by atoms with Crippen molar-refractivity contribution in [1.29, 1.82) is 0 Å². The van der Waals surface area contributed by atoms with Crippen LogP contribution in [0.5, 0.6) is 0 Å². The van der Waals surface area contributed by atoms with Crippen molar-refractivity contribution in [1.82, 2.24) is 10.2 Å². The zero-order valence-corrected chi connectivity index (χ0v) is 16.3. The quantitative estimate of drug-likeness (QED) is 0.467. The van der Waals surface area contributed by atoms with Crippen LogP contribution in [0, 0.1) is 0 Å². The fourth-order valence-corrected chi connectivity index (χ4v) is 3.24. The van der Waals surface area contributed by atoms with Crippen LogP contribution < -0.4 is 16.4 Å². The number of imide groups is 1. The van der Waals surface area contributed by atoms with E-state index in [2.05, 4.69) is 26.6 Å². The van der Waals surface area contributed by atoms with Gasteiger partial charge in [-0.3, -0.25) is 19.3 Å². The number of primary amides is 1. The van der Waals surface area contributed by atoms with Crippen molar-refractivity contribution in [3.8, 4) is 0 Å². The van der Waals surface area contributed by atoms with E-state index in [0.29, 0.717) is 23.2 Å². The van der Waals surface area contributed by atoms with Crippen LogP contribution >= 0.6 is 15.9 Å². The Morgan fingerprint density at radius 2 is 1.75 bits per heavy atom. The minimum atomic E-state index is -0.645. The van der Waals surface area contributed by atoms with Gasteiger partial charge in [-0.05, 0) is 36.8 Å². The Morgan fingerprint density at radius 3 is 2.50 bits per heavy atom. The van der Waals surface area contributed by atoms with Crippen molar-refractivity contribution in [2.75, 3.05) is 18.4 Å². The number of nitrogens with two attached hydrogens (primary N) is 1. The van der Waals surface area contributed by atoms with Gasteiger partial charge in [-0.25, -0.2) is 4.79 Å². The Bertz CT molecular complexity index is 976. The molecule has 1 aliphatic rings. The van der Waals surface area contributed by atoms with Gasteiger partial charge in [-0.15, -0.1) is 0 Å². The molecule has 8 nitrogen and oxygen atoms in total. The van der Waals surface area contributed by atoms with Gasteiger partial charge in [0.05, 0.1) is 22.4 Å². The highest BCUT2D eigenvalue weighted by Crippen LogP contribution is 2.26. The van der Waals surface area contributed by atoms with Crippen LogP contribution in [0.15, 0.2) is 46.9 Å². The number of halogens is 1. The summed E-state index contributed by atoms with van der Waals surface area (Å²) in [6.45, 7) is 0.420. The molecule has 0 spiro atoms. The summed E-state index contributed by atoms with van der Waals surface area (Å²) in [6, 6.07) is 10.8. The topological polar surface area (TPSA) is 122 Å². The number of nitrogens with zero attached hydrogens (tertiary/aromatic N) is 1. The molecular formula is C19H17BrN4O4. The van der Waals surface area contributed by atoms with Gasteiger partial charge >= 0.3 is 6.03 Å². The molecule has 28 heavy (non-hydrogen) atoms. The number of anilines is 1. The molecule has 2 aromatic carbocycles. The Morgan fingerprint density at radius 1 is 1.04 bits per heavy atom. The maximum Gasteiger partial charge on any atom is 0.319 e. The molecule has 0 saturated carbocycles. The van der Waals surface area contributed by atoms with Gasteiger partial charge in [-0.2, -0.15) is 0 Å². The molecule has 0 fully saturated rings. The van der Waals surface area contributed by atoms with Gasteiger partial charge in [0.1, 0.15) is 0 Å². The normalized spacial score (nSPS) is 12.7.